The van der Waals surface area contributed by atoms with Crippen molar-refractivity contribution < 1.29 is 9.59 Å². The Morgan fingerprint density at radius 1 is 0.769 bits per heavy atom. The number of hydrogen-bond donors (Lipinski definition) is 2. The van der Waals surface area contributed by atoms with Gasteiger partial charge in [-0.05, 0) is 36.8 Å². The number of carbonyl (C=O) groups excluding carboxylic acids is 2. The first-order chi connectivity index (χ1) is 12.2. The summed E-state index contributed by atoms with van der Waals surface area (Å²) >= 11 is 0. The van der Waals surface area contributed by atoms with E-state index >= 15 is 0 Å². The summed E-state index contributed by atoms with van der Waals surface area (Å²) in [5.41, 5.74) is 1.48. The van der Waals surface area contributed by atoms with Crippen molar-refractivity contribution in [3.8, 4) is 0 Å². The lowest BCUT2D eigenvalue weighted by Gasteiger charge is -2.25. The van der Waals surface area contributed by atoms with E-state index in [4.69, 9.17) is 0 Å². The van der Waals surface area contributed by atoms with Gasteiger partial charge in [-0.2, -0.15) is 0 Å². The van der Waals surface area contributed by atoms with Gasteiger partial charge in [0.05, 0.1) is 0 Å². The fraction of sp³-hybridized carbons (Fsp3) is 0.636. The monoisotopic (exact) mass is 360 g/mol. The molecule has 0 aliphatic heterocycles. The van der Waals surface area contributed by atoms with Crippen molar-refractivity contribution in [3.63, 3.8) is 0 Å². The molecule has 4 heteroatoms. The van der Waals surface area contributed by atoms with Crippen LogP contribution in [0, 0.1) is 10.8 Å². The Morgan fingerprint density at radius 3 is 1.42 bits per heavy atom. The molecule has 0 bridgehead atoms. The van der Waals surface area contributed by atoms with Gasteiger partial charge in [-0.25, -0.2) is 0 Å². The van der Waals surface area contributed by atoms with Crippen LogP contribution in [0.1, 0.15) is 78.4 Å². The summed E-state index contributed by atoms with van der Waals surface area (Å²) in [6, 6.07) is 8.03. The Morgan fingerprint density at radius 2 is 1.12 bits per heavy atom. The number of hydrogen-bond acceptors (Lipinski definition) is 2. The van der Waals surface area contributed by atoms with Gasteiger partial charge in [0.2, 0.25) is 11.8 Å². The zero-order chi connectivity index (χ0) is 19.8. The minimum Gasteiger partial charge on any atom is -0.352 e. The molecule has 0 saturated heterocycles. The van der Waals surface area contributed by atoms with E-state index in [2.05, 4.69) is 10.6 Å². The molecule has 0 aromatic heterocycles. The van der Waals surface area contributed by atoms with Crippen LogP contribution in [-0.2, 0) is 22.7 Å². The lowest BCUT2D eigenvalue weighted by Crippen LogP contribution is -2.38. The summed E-state index contributed by atoms with van der Waals surface area (Å²) in [6.07, 6.45) is 3.31. The van der Waals surface area contributed by atoms with Crippen molar-refractivity contribution in [2.75, 3.05) is 0 Å². The van der Waals surface area contributed by atoms with E-state index in [1.54, 1.807) is 0 Å². The number of amides is 2. The van der Waals surface area contributed by atoms with Gasteiger partial charge in [0, 0.05) is 23.9 Å². The van der Waals surface area contributed by atoms with Crippen LogP contribution < -0.4 is 10.6 Å². The van der Waals surface area contributed by atoms with Crippen molar-refractivity contribution in [3.05, 3.63) is 35.4 Å². The molecular formula is C22H36N2O2. The first-order valence-corrected chi connectivity index (χ1v) is 9.89. The predicted octanol–water partition coefficient (Wildman–Crippen LogP) is 4.57. The molecule has 0 spiro atoms. The SMILES string of the molecule is CCC(C)(CC)C(=O)NCc1cccc(CNC(=O)C(C)(CC)CC)c1. The molecule has 1 rings (SSSR count). The van der Waals surface area contributed by atoms with Crippen molar-refractivity contribution in [1.82, 2.24) is 10.6 Å². The topological polar surface area (TPSA) is 58.2 Å². The third-order valence-electron chi connectivity index (χ3n) is 6.12. The molecule has 0 atom stereocenters. The highest BCUT2D eigenvalue weighted by Gasteiger charge is 2.29. The van der Waals surface area contributed by atoms with Crippen molar-refractivity contribution in [2.45, 2.75) is 80.3 Å². The third kappa shape index (κ3) is 5.58. The van der Waals surface area contributed by atoms with E-state index in [9.17, 15) is 9.59 Å². The van der Waals surface area contributed by atoms with Gasteiger partial charge in [-0.15, -0.1) is 0 Å². The smallest absolute Gasteiger partial charge is 0.226 e. The molecule has 0 heterocycles. The molecule has 0 unspecified atom stereocenters. The highest BCUT2D eigenvalue weighted by Crippen LogP contribution is 2.26. The van der Waals surface area contributed by atoms with Crippen LogP contribution in [0.15, 0.2) is 24.3 Å². The van der Waals surface area contributed by atoms with Gasteiger partial charge in [-0.3, -0.25) is 9.59 Å². The Balaban J connectivity index is 2.66. The minimum atomic E-state index is -0.309. The summed E-state index contributed by atoms with van der Waals surface area (Å²) in [7, 11) is 0. The zero-order valence-electron chi connectivity index (χ0n) is 17.4. The lowest BCUT2D eigenvalue weighted by molar-refractivity contribution is -0.131. The van der Waals surface area contributed by atoms with Crippen LogP contribution in [0.25, 0.3) is 0 Å². The molecule has 26 heavy (non-hydrogen) atoms. The number of carbonyl (C=O) groups is 2. The normalized spacial score (nSPS) is 11.9. The van der Waals surface area contributed by atoms with E-state index in [1.165, 1.54) is 0 Å². The predicted molar refractivity (Wildman–Crippen MR) is 108 cm³/mol. The molecular weight excluding hydrogens is 324 g/mol. The van der Waals surface area contributed by atoms with E-state index in [0.717, 1.165) is 36.8 Å². The molecule has 4 nitrogen and oxygen atoms in total. The number of benzene rings is 1. The second kappa shape index (κ2) is 9.75. The van der Waals surface area contributed by atoms with Crippen molar-refractivity contribution >= 4 is 11.8 Å². The maximum absolute atomic E-state index is 12.4. The van der Waals surface area contributed by atoms with E-state index < -0.39 is 0 Å². The summed E-state index contributed by atoms with van der Waals surface area (Å²) in [4.78, 5) is 24.8. The highest BCUT2D eigenvalue weighted by atomic mass is 16.2. The Bertz CT molecular complexity index is 553. The summed E-state index contributed by atoms with van der Waals surface area (Å²) in [5, 5.41) is 6.10. The Kier molecular flexibility index (Phi) is 8.32. The average molecular weight is 361 g/mol. The third-order valence-corrected chi connectivity index (χ3v) is 6.12. The van der Waals surface area contributed by atoms with Gasteiger partial charge in [0.1, 0.15) is 0 Å². The van der Waals surface area contributed by atoms with Crippen LogP contribution in [0.5, 0.6) is 0 Å². The van der Waals surface area contributed by atoms with Gasteiger partial charge in [0.15, 0.2) is 0 Å². The Hall–Kier alpha value is -1.84. The average Bonchev–Trinajstić information content (AvgIpc) is 2.69. The molecule has 2 amide bonds. The molecule has 0 fully saturated rings. The fourth-order valence-corrected chi connectivity index (χ4v) is 2.78. The lowest BCUT2D eigenvalue weighted by atomic mass is 9.83. The second-order valence-corrected chi connectivity index (χ2v) is 7.72. The van der Waals surface area contributed by atoms with Gasteiger partial charge < -0.3 is 10.6 Å². The molecule has 0 aliphatic rings. The number of rotatable bonds is 10. The van der Waals surface area contributed by atoms with Gasteiger partial charge >= 0.3 is 0 Å². The standard InChI is InChI=1S/C22H36N2O2/c1-7-21(5,8-2)19(25)23-15-17-12-11-13-18(14-17)16-24-20(26)22(6,9-3)10-4/h11-14H,7-10,15-16H2,1-6H3,(H,23,25)(H,24,26). The van der Waals surface area contributed by atoms with E-state index in [-0.39, 0.29) is 22.6 Å². The molecule has 146 valence electrons. The van der Waals surface area contributed by atoms with Crippen molar-refractivity contribution in [1.29, 1.82) is 0 Å². The zero-order valence-corrected chi connectivity index (χ0v) is 17.4. The number of nitrogens with one attached hydrogen (secondary N) is 2. The van der Waals surface area contributed by atoms with Crippen LogP contribution in [0.4, 0.5) is 0 Å². The van der Waals surface area contributed by atoms with Crippen molar-refractivity contribution in [2.24, 2.45) is 10.8 Å². The van der Waals surface area contributed by atoms with Crippen LogP contribution in [0.3, 0.4) is 0 Å². The van der Waals surface area contributed by atoms with E-state index in [1.807, 2.05) is 65.8 Å². The molecule has 1 aromatic rings. The highest BCUT2D eigenvalue weighted by molar-refractivity contribution is 5.82. The maximum Gasteiger partial charge on any atom is 0.226 e. The fourth-order valence-electron chi connectivity index (χ4n) is 2.78. The van der Waals surface area contributed by atoms with Crippen LogP contribution in [-0.4, -0.2) is 11.8 Å². The molecule has 0 radical (unpaired) electrons. The maximum atomic E-state index is 12.4. The van der Waals surface area contributed by atoms with Gasteiger partial charge in [0.25, 0.3) is 0 Å². The second-order valence-electron chi connectivity index (χ2n) is 7.72. The molecule has 2 N–H and O–H groups in total. The molecule has 0 saturated carbocycles. The largest absolute Gasteiger partial charge is 0.352 e. The summed E-state index contributed by atoms with van der Waals surface area (Å²) < 4.78 is 0. The van der Waals surface area contributed by atoms with E-state index in [0.29, 0.717) is 13.1 Å². The Labute approximate surface area is 159 Å². The first kappa shape index (κ1) is 22.2. The molecule has 0 aliphatic carbocycles. The summed E-state index contributed by atoms with van der Waals surface area (Å²) in [6.45, 7) is 13.2. The quantitative estimate of drug-likeness (QED) is 0.642. The van der Waals surface area contributed by atoms with Gasteiger partial charge in [-0.1, -0.05) is 65.8 Å². The molecule has 1 aromatic carbocycles. The summed E-state index contributed by atoms with van der Waals surface area (Å²) in [5.74, 6) is 0.200. The first-order valence-electron chi connectivity index (χ1n) is 9.89. The van der Waals surface area contributed by atoms with Crippen LogP contribution in [0.2, 0.25) is 0 Å². The van der Waals surface area contributed by atoms with Crippen LogP contribution >= 0.6 is 0 Å². The minimum absolute atomic E-state index is 0.0999.